The molecule has 0 amide bonds. The number of benzene rings is 6. The first-order valence-electron chi connectivity index (χ1n) is 15.2. The number of fused-ring (bicyclic) bond motifs is 6. The normalized spacial score (nSPS) is 11.5. The number of para-hydroxylation sites is 4. The molecule has 9 aromatic rings. The van der Waals surface area contributed by atoms with Crippen molar-refractivity contribution < 1.29 is 0 Å². The lowest BCUT2D eigenvalue weighted by molar-refractivity contribution is 1.12. The molecule has 0 N–H and O–H groups in total. The minimum atomic E-state index is 0.136. The molecule has 0 atom stereocenters. The molecule has 0 aliphatic heterocycles. The van der Waals surface area contributed by atoms with Crippen LogP contribution in [0.15, 0.2) is 152 Å². The Labute approximate surface area is 264 Å². The van der Waals surface area contributed by atoms with E-state index in [1.165, 1.54) is 21.5 Å². The number of nitriles is 1. The Hall–Kier alpha value is -6.51. The fraction of sp³-hybridized carbons (Fsp3) is 0. The Bertz CT molecular complexity index is 2390. The van der Waals surface area contributed by atoms with E-state index in [1.807, 2.05) is 30.3 Å². The highest BCUT2D eigenvalue weighted by Crippen LogP contribution is 2.35. The van der Waals surface area contributed by atoms with Crippen molar-refractivity contribution in [1.29, 1.82) is 5.26 Å². The maximum atomic E-state index is 9.98. The summed E-state index contributed by atoms with van der Waals surface area (Å²) in [5.74, 6) is 0.136. The van der Waals surface area contributed by atoms with E-state index in [-0.39, 0.29) is 5.82 Å². The Kier molecular flexibility index (Phi) is 5.81. The fourth-order valence-corrected chi connectivity index (χ4v) is 6.80. The summed E-state index contributed by atoms with van der Waals surface area (Å²) >= 11 is 0. The Balaban J connectivity index is 1.19. The van der Waals surface area contributed by atoms with Gasteiger partial charge in [-0.25, -0.2) is 9.97 Å². The fourth-order valence-electron chi connectivity index (χ4n) is 6.80. The quantitative estimate of drug-likeness (QED) is 0.206. The van der Waals surface area contributed by atoms with E-state index in [0.717, 1.165) is 44.6 Å². The first kappa shape index (κ1) is 25.9. The maximum Gasteiger partial charge on any atom is 0.233 e. The van der Waals surface area contributed by atoms with Crippen LogP contribution in [0.3, 0.4) is 0 Å². The minimum Gasteiger partial charge on any atom is -0.309 e. The van der Waals surface area contributed by atoms with Gasteiger partial charge in [-0.1, -0.05) is 97.1 Å². The van der Waals surface area contributed by atoms with Gasteiger partial charge in [0.25, 0.3) is 0 Å². The number of hydrogen-bond acceptors (Lipinski definition) is 3. The molecule has 3 aromatic heterocycles. The van der Waals surface area contributed by atoms with Crippen molar-refractivity contribution >= 4 is 43.6 Å². The van der Waals surface area contributed by atoms with Crippen LogP contribution in [-0.4, -0.2) is 19.1 Å². The van der Waals surface area contributed by atoms with Crippen LogP contribution in [0.4, 0.5) is 0 Å². The van der Waals surface area contributed by atoms with Crippen LogP contribution in [0.2, 0.25) is 0 Å². The number of nitrogens with zero attached hydrogens (tertiary/aromatic N) is 5. The monoisotopic (exact) mass is 587 g/mol. The minimum absolute atomic E-state index is 0.136. The van der Waals surface area contributed by atoms with Crippen LogP contribution in [0.5, 0.6) is 0 Å². The van der Waals surface area contributed by atoms with Gasteiger partial charge in [0.2, 0.25) is 5.82 Å². The number of hydrogen-bond donors (Lipinski definition) is 0. The molecule has 0 unspecified atom stereocenters. The van der Waals surface area contributed by atoms with E-state index in [4.69, 9.17) is 0 Å². The molecule has 46 heavy (non-hydrogen) atoms. The van der Waals surface area contributed by atoms with Crippen LogP contribution >= 0.6 is 0 Å². The smallest absolute Gasteiger partial charge is 0.233 e. The van der Waals surface area contributed by atoms with Gasteiger partial charge in [0.15, 0.2) is 0 Å². The van der Waals surface area contributed by atoms with E-state index in [9.17, 15) is 5.26 Å². The highest BCUT2D eigenvalue weighted by atomic mass is 15.0. The third-order valence-corrected chi connectivity index (χ3v) is 8.79. The summed E-state index contributed by atoms with van der Waals surface area (Å²) in [6, 6.07) is 54.8. The largest absolute Gasteiger partial charge is 0.309 e. The van der Waals surface area contributed by atoms with Gasteiger partial charge < -0.3 is 9.13 Å². The molecule has 6 aromatic carbocycles. The summed E-state index contributed by atoms with van der Waals surface area (Å²) in [6.45, 7) is 0. The van der Waals surface area contributed by atoms with Gasteiger partial charge in [0, 0.05) is 44.0 Å². The lowest BCUT2D eigenvalue weighted by atomic mass is 10.1. The molecule has 0 aliphatic rings. The predicted molar refractivity (Wildman–Crippen MR) is 186 cm³/mol. The summed E-state index contributed by atoms with van der Waals surface area (Å²) in [5, 5.41) is 14.8. The maximum absolute atomic E-state index is 9.98. The zero-order chi connectivity index (χ0) is 30.6. The molecule has 0 radical (unpaired) electrons. The average molecular weight is 588 g/mol. The molecule has 0 bridgehead atoms. The topological polar surface area (TPSA) is 59.4 Å². The van der Waals surface area contributed by atoms with E-state index in [0.29, 0.717) is 11.4 Å². The van der Waals surface area contributed by atoms with E-state index in [1.54, 1.807) is 0 Å². The van der Waals surface area contributed by atoms with E-state index >= 15 is 0 Å². The van der Waals surface area contributed by atoms with Crippen molar-refractivity contribution in [3.63, 3.8) is 0 Å². The van der Waals surface area contributed by atoms with Crippen molar-refractivity contribution in [2.75, 3.05) is 0 Å². The molecule has 214 valence electrons. The van der Waals surface area contributed by atoms with Gasteiger partial charge in [0.1, 0.15) is 6.07 Å². The summed E-state index contributed by atoms with van der Waals surface area (Å²) in [4.78, 5) is 9.32. The molecule has 5 nitrogen and oxygen atoms in total. The zero-order valence-corrected chi connectivity index (χ0v) is 24.7. The second-order valence-electron chi connectivity index (χ2n) is 11.4. The number of aromatic nitrogens is 4. The molecular weight excluding hydrogens is 562 g/mol. The lowest BCUT2D eigenvalue weighted by Crippen LogP contribution is -1.99. The zero-order valence-electron chi connectivity index (χ0n) is 24.7. The molecule has 9 rings (SSSR count). The summed E-state index contributed by atoms with van der Waals surface area (Å²) in [5.41, 5.74) is 9.86. The van der Waals surface area contributed by atoms with Crippen LogP contribution in [0.25, 0.3) is 77.5 Å². The highest BCUT2D eigenvalue weighted by Gasteiger charge is 2.15. The molecular formula is C41H25N5. The van der Waals surface area contributed by atoms with Crippen LogP contribution in [0, 0.1) is 11.3 Å². The van der Waals surface area contributed by atoms with E-state index in [2.05, 4.69) is 146 Å². The van der Waals surface area contributed by atoms with Crippen LogP contribution in [-0.2, 0) is 0 Å². The van der Waals surface area contributed by atoms with Gasteiger partial charge in [-0.15, -0.1) is 0 Å². The molecule has 3 heterocycles. The molecule has 0 fully saturated rings. The van der Waals surface area contributed by atoms with Crippen molar-refractivity contribution in [3.8, 4) is 40.0 Å². The second kappa shape index (κ2) is 10.3. The van der Waals surface area contributed by atoms with Crippen molar-refractivity contribution in [2.45, 2.75) is 0 Å². The first-order chi connectivity index (χ1) is 22.8. The Morgan fingerprint density at radius 2 is 0.783 bits per heavy atom. The van der Waals surface area contributed by atoms with Gasteiger partial charge in [-0.3, -0.25) is 0 Å². The van der Waals surface area contributed by atoms with Gasteiger partial charge >= 0.3 is 0 Å². The van der Waals surface area contributed by atoms with Crippen molar-refractivity contribution in [3.05, 3.63) is 157 Å². The third kappa shape index (κ3) is 4.02. The van der Waals surface area contributed by atoms with E-state index < -0.39 is 0 Å². The first-order valence-corrected chi connectivity index (χ1v) is 15.2. The Morgan fingerprint density at radius 3 is 1.15 bits per heavy atom. The summed E-state index contributed by atoms with van der Waals surface area (Å²) in [7, 11) is 0. The molecule has 5 heteroatoms. The van der Waals surface area contributed by atoms with Crippen LogP contribution < -0.4 is 0 Å². The number of rotatable bonds is 4. The van der Waals surface area contributed by atoms with Gasteiger partial charge in [0.05, 0.1) is 33.5 Å². The third-order valence-electron chi connectivity index (χ3n) is 8.79. The molecule has 0 saturated carbocycles. The molecule has 0 aliphatic carbocycles. The predicted octanol–water partition coefficient (Wildman–Crippen LogP) is 9.88. The highest BCUT2D eigenvalue weighted by molar-refractivity contribution is 6.10. The van der Waals surface area contributed by atoms with Gasteiger partial charge in [-0.2, -0.15) is 5.26 Å². The van der Waals surface area contributed by atoms with Gasteiger partial charge in [-0.05, 0) is 54.6 Å². The van der Waals surface area contributed by atoms with Crippen LogP contribution in [0.1, 0.15) is 5.82 Å². The van der Waals surface area contributed by atoms with Crippen molar-refractivity contribution in [1.82, 2.24) is 19.1 Å². The molecule has 0 saturated heterocycles. The SMILES string of the molecule is N#Cc1nc(-c2cccc(-n3c4ccccc4c4ccccc43)c2)cc(-c2cccc(-n3c4ccccc4c4ccccc43)c2)n1. The summed E-state index contributed by atoms with van der Waals surface area (Å²) < 4.78 is 4.58. The average Bonchev–Trinajstić information content (AvgIpc) is 3.65. The summed E-state index contributed by atoms with van der Waals surface area (Å²) in [6.07, 6.45) is 0. The second-order valence-corrected chi connectivity index (χ2v) is 11.4. The standard InChI is InChI=1S/C41H25N5/c42-26-41-43-35(27-11-9-13-29(23-27)45-37-19-5-1-15-31(37)32-16-2-6-20-38(32)45)25-36(44-41)28-12-10-14-30(24-28)46-39-21-7-3-17-33(39)34-18-4-8-22-40(34)46/h1-25H. The lowest BCUT2D eigenvalue weighted by Gasteiger charge is -2.12. The molecule has 0 spiro atoms. The van der Waals surface area contributed by atoms with Crippen molar-refractivity contribution in [2.24, 2.45) is 0 Å². The Morgan fingerprint density at radius 1 is 0.413 bits per heavy atom.